The second-order valence-electron chi connectivity index (χ2n) is 20.2. The van der Waals surface area contributed by atoms with Gasteiger partial charge in [0.15, 0.2) is 5.78 Å². The molecule has 7 nitrogen and oxygen atoms in total. The van der Waals surface area contributed by atoms with Crippen molar-refractivity contribution in [2.24, 2.45) is 50.2 Å². The van der Waals surface area contributed by atoms with Crippen molar-refractivity contribution < 1.29 is 28.7 Å². The number of ether oxygens (including phenoxy) is 2. The zero-order valence-electron chi connectivity index (χ0n) is 34.1. The van der Waals surface area contributed by atoms with E-state index in [2.05, 4.69) is 60.7 Å². The second-order valence-corrected chi connectivity index (χ2v) is 20.2. The second kappa shape index (κ2) is 14.0. The molecule has 1 amide bonds. The molecule has 5 rings (SSSR count). The van der Waals surface area contributed by atoms with E-state index in [0.29, 0.717) is 13.0 Å². The fourth-order valence-corrected chi connectivity index (χ4v) is 11.5. The number of nitrogens with one attached hydrogen (secondary N) is 1. The summed E-state index contributed by atoms with van der Waals surface area (Å²) in [6, 6.07) is 9.88. The fraction of sp³-hybridized carbons (Fsp3) is 0.733. The maximum absolute atomic E-state index is 14.3. The third-order valence-corrected chi connectivity index (χ3v) is 15.2. The first-order chi connectivity index (χ1) is 24.0. The van der Waals surface area contributed by atoms with E-state index < -0.39 is 17.0 Å². The average molecular weight is 718 g/mol. The smallest absolute Gasteiger partial charge is 0.325 e. The molecule has 0 aliphatic heterocycles. The van der Waals surface area contributed by atoms with Gasteiger partial charge in [0.25, 0.3) is 0 Å². The number of benzene rings is 1. The molecule has 1 aromatic carbocycles. The van der Waals surface area contributed by atoms with Crippen LogP contribution in [0.25, 0.3) is 0 Å². The minimum atomic E-state index is -0.607. The van der Waals surface area contributed by atoms with Crippen LogP contribution in [-0.4, -0.2) is 35.8 Å². The van der Waals surface area contributed by atoms with Crippen molar-refractivity contribution in [3.63, 3.8) is 0 Å². The fourth-order valence-electron chi connectivity index (χ4n) is 11.5. The average Bonchev–Trinajstić information content (AvgIpc) is 3.05. The summed E-state index contributed by atoms with van der Waals surface area (Å²) in [7, 11) is 0. The summed E-state index contributed by atoms with van der Waals surface area (Å²) < 4.78 is 11.2. The molecule has 4 aliphatic carbocycles. The van der Waals surface area contributed by atoms with Gasteiger partial charge in [-0.05, 0) is 143 Å². The van der Waals surface area contributed by atoms with E-state index in [1.807, 2.05) is 57.2 Å². The highest BCUT2D eigenvalue weighted by molar-refractivity contribution is 5.95. The zero-order valence-corrected chi connectivity index (χ0v) is 34.1. The Bertz CT molecular complexity index is 1560. The summed E-state index contributed by atoms with van der Waals surface area (Å²) in [6.07, 6.45) is 11.0. The number of amides is 1. The first kappa shape index (κ1) is 40.2. The first-order valence-corrected chi connectivity index (χ1v) is 19.9. The van der Waals surface area contributed by atoms with E-state index in [1.54, 1.807) is 0 Å². The summed E-state index contributed by atoms with van der Waals surface area (Å²) in [6.45, 7) is 23.8. The summed E-state index contributed by atoms with van der Waals surface area (Å²) in [5.41, 5.74) is 0.299. The van der Waals surface area contributed by atoms with E-state index in [1.165, 1.54) is 5.57 Å². The summed E-state index contributed by atoms with van der Waals surface area (Å²) in [5.74, 6) is -0.538. The van der Waals surface area contributed by atoms with Gasteiger partial charge in [0.2, 0.25) is 5.91 Å². The summed E-state index contributed by atoms with van der Waals surface area (Å²) >= 11 is 0. The monoisotopic (exact) mass is 717 g/mol. The zero-order chi connectivity index (χ0) is 38.5. The Kier molecular flexibility index (Phi) is 10.9. The van der Waals surface area contributed by atoms with Crippen LogP contribution in [0.3, 0.4) is 0 Å². The normalized spacial score (nSPS) is 37.2. The van der Waals surface area contributed by atoms with Crippen molar-refractivity contribution in [3.8, 4) is 0 Å². The predicted molar refractivity (Wildman–Crippen MR) is 205 cm³/mol. The van der Waals surface area contributed by atoms with E-state index in [0.717, 1.165) is 63.4 Å². The van der Waals surface area contributed by atoms with E-state index in [-0.39, 0.29) is 69.0 Å². The lowest BCUT2D eigenvalue weighted by molar-refractivity contribution is -0.188. The first-order valence-electron chi connectivity index (χ1n) is 19.9. The third kappa shape index (κ3) is 7.40. The molecule has 52 heavy (non-hydrogen) atoms. The van der Waals surface area contributed by atoms with Gasteiger partial charge in [0, 0.05) is 11.8 Å². The van der Waals surface area contributed by atoms with Crippen LogP contribution in [0.2, 0.25) is 0 Å². The molecule has 0 bridgehead atoms. The lowest BCUT2D eigenvalue weighted by Gasteiger charge is -2.68. The van der Waals surface area contributed by atoms with Crippen LogP contribution in [-0.2, 0) is 35.3 Å². The van der Waals surface area contributed by atoms with Gasteiger partial charge < -0.3 is 14.8 Å². The Balaban J connectivity index is 1.27. The molecule has 3 saturated carbocycles. The molecule has 0 aromatic heterocycles. The Hall–Kier alpha value is -2.96. The van der Waals surface area contributed by atoms with Gasteiger partial charge in [0.05, 0.1) is 5.41 Å². The van der Waals surface area contributed by atoms with Crippen LogP contribution in [0.1, 0.15) is 146 Å². The molecular weight excluding hydrogens is 650 g/mol. The number of esters is 2. The molecule has 3 fully saturated rings. The van der Waals surface area contributed by atoms with Gasteiger partial charge in [0.1, 0.15) is 18.8 Å². The molecule has 4 aliphatic rings. The Morgan fingerprint density at radius 3 is 2.10 bits per heavy atom. The summed E-state index contributed by atoms with van der Waals surface area (Å²) in [5, 5.41) is 2.89. The molecular formula is C45H67NO6. The number of rotatable bonds is 9. The molecule has 0 heterocycles. The lowest BCUT2D eigenvalue weighted by Crippen LogP contribution is -2.65. The topological polar surface area (TPSA) is 98.8 Å². The molecule has 0 unspecified atom stereocenters. The Morgan fingerprint density at radius 2 is 1.48 bits per heavy atom. The highest BCUT2D eigenvalue weighted by atomic mass is 16.6. The van der Waals surface area contributed by atoms with Crippen LogP contribution in [0.15, 0.2) is 42.0 Å². The van der Waals surface area contributed by atoms with Gasteiger partial charge in [-0.25, -0.2) is 0 Å². The molecule has 0 radical (unpaired) electrons. The van der Waals surface area contributed by atoms with Crippen molar-refractivity contribution in [3.05, 3.63) is 47.5 Å². The maximum Gasteiger partial charge on any atom is 0.325 e. The predicted octanol–water partition coefficient (Wildman–Crippen LogP) is 9.56. The number of carbonyl (C=O) groups excluding carboxylic acids is 4. The standard InChI is InChI=1S/C45H67NO6/c1-30-27-33(47)36-43(9)19-17-32(37(49)46-28-35(48)52-39(2,3)4)40(5,6)34(43)18-20-45(36,11)44(30,10)26-23-41(7)21-24-42(8,25-22-41)38(50)51-29-31-15-13-12-14-16-31/h12-16,27,32,34,36H,17-26,28-29H2,1-11H3,(H,46,49)/t32-,34+,36-,41-,42-,43+,44-,45-/m1/s1. The van der Waals surface area contributed by atoms with Crippen LogP contribution >= 0.6 is 0 Å². The highest BCUT2D eigenvalue weighted by Crippen LogP contribution is 2.72. The van der Waals surface area contributed by atoms with E-state index in [4.69, 9.17) is 9.47 Å². The Labute approximate surface area is 313 Å². The minimum Gasteiger partial charge on any atom is -0.460 e. The molecule has 7 heteroatoms. The molecule has 6 atom stereocenters. The SMILES string of the molecule is CC1=CC(=O)[C@@H]2[C@@]3(C)CC[C@H](C(=O)NCC(=O)OC(C)(C)C)C(C)(C)[C@@H]3CC[C@@]2(C)[C@]1(C)CC[C@]1(C)CC[C@@](C)(C(=O)OCc2ccccc2)CC1. The van der Waals surface area contributed by atoms with E-state index >= 15 is 0 Å². The van der Waals surface area contributed by atoms with Crippen molar-refractivity contribution in [2.75, 3.05) is 6.54 Å². The number of ketones is 1. The summed E-state index contributed by atoms with van der Waals surface area (Å²) in [4.78, 5) is 53.6. The van der Waals surface area contributed by atoms with Gasteiger partial charge in [-0.3, -0.25) is 19.2 Å². The van der Waals surface area contributed by atoms with Gasteiger partial charge in [-0.2, -0.15) is 0 Å². The number of fused-ring (bicyclic) bond motifs is 3. The quantitative estimate of drug-likeness (QED) is 0.256. The van der Waals surface area contributed by atoms with Crippen LogP contribution in [0.4, 0.5) is 0 Å². The number of carbonyl (C=O) groups is 4. The van der Waals surface area contributed by atoms with E-state index in [9.17, 15) is 19.2 Å². The molecule has 0 saturated heterocycles. The number of hydrogen-bond donors (Lipinski definition) is 1. The number of hydrogen-bond acceptors (Lipinski definition) is 6. The molecule has 288 valence electrons. The lowest BCUT2D eigenvalue weighted by atomic mass is 9.35. The van der Waals surface area contributed by atoms with Gasteiger partial charge >= 0.3 is 11.9 Å². The Morgan fingerprint density at radius 1 is 0.846 bits per heavy atom. The maximum atomic E-state index is 14.3. The van der Waals surface area contributed by atoms with Crippen LogP contribution in [0.5, 0.6) is 0 Å². The number of allylic oxidation sites excluding steroid dienone is 2. The van der Waals surface area contributed by atoms with Crippen LogP contribution < -0.4 is 5.32 Å². The third-order valence-electron chi connectivity index (χ3n) is 15.2. The van der Waals surface area contributed by atoms with Gasteiger partial charge in [-0.15, -0.1) is 0 Å². The highest BCUT2D eigenvalue weighted by Gasteiger charge is 2.68. The van der Waals surface area contributed by atoms with Crippen molar-refractivity contribution in [2.45, 2.75) is 153 Å². The van der Waals surface area contributed by atoms with Gasteiger partial charge in [-0.1, -0.05) is 77.4 Å². The largest absolute Gasteiger partial charge is 0.460 e. The molecule has 0 spiro atoms. The van der Waals surface area contributed by atoms with Crippen molar-refractivity contribution >= 4 is 23.6 Å². The molecule has 1 aromatic rings. The molecule has 1 N–H and O–H groups in total. The van der Waals surface area contributed by atoms with Crippen molar-refractivity contribution in [1.82, 2.24) is 5.32 Å². The van der Waals surface area contributed by atoms with Crippen LogP contribution in [0, 0.1) is 50.2 Å². The minimum absolute atomic E-state index is 0.0894. The van der Waals surface area contributed by atoms with Crippen molar-refractivity contribution in [1.29, 1.82) is 0 Å².